The Kier molecular flexibility index (Phi) is 4.65. The van der Waals surface area contributed by atoms with E-state index >= 15 is 0 Å². The Hall–Kier alpha value is -1.00. The Bertz CT molecular complexity index is 377. The van der Waals surface area contributed by atoms with Crippen LogP contribution >= 0.6 is 15.9 Å². The highest BCUT2D eigenvalue weighted by Crippen LogP contribution is 2.17. The Balaban J connectivity index is 2.65. The molecule has 4 heteroatoms. The molecule has 15 heavy (non-hydrogen) atoms. The van der Waals surface area contributed by atoms with Gasteiger partial charge in [-0.25, -0.2) is 4.39 Å². The summed E-state index contributed by atoms with van der Waals surface area (Å²) in [5.41, 5.74) is 0.423. The van der Waals surface area contributed by atoms with E-state index in [1.54, 1.807) is 6.08 Å². The first-order valence-electron chi connectivity index (χ1n) is 4.32. The largest absolute Gasteiger partial charge is 0.369 e. The minimum atomic E-state index is -0.390. The standard InChI is InChI=1S/C11H10BrFO2/c1-2-5-15-7-11(14)8-3-4-10(13)9(12)6-8/h2-4,6H,1,5,7H2. The van der Waals surface area contributed by atoms with E-state index in [0.717, 1.165) is 0 Å². The van der Waals surface area contributed by atoms with E-state index in [-0.39, 0.29) is 16.9 Å². The summed E-state index contributed by atoms with van der Waals surface area (Å²) in [5, 5.41) is 0. The molecular formula is C11H10BrFO2. The minimum absolute atomic E-state index is 0.0237. The van der Waals surface area contributed by atoms with E-state index in [2.05, 4.69) is 22.5 Å². The molecule has 0 saturated heterocycles. The van der Waals surface area contributed by atoms with Gasteiger partial charge in [-0.2, -0.15) is 0 Å². The fourth-order valence-electron chi connectivity index (χ4n) is 0.988. The molecule has 0 heterocycles. The van der Waals surface area contributed by atoms with Crippen molar-refractivity contribution in [2.45, 2.75) is 0 Å². The van der Waals surface area contributed by atoms with Gasteiger partial charge in [0.1, 0.15) is 12.4 Å². The monoisotopic (exact) mass is 272 g/mol. The van der Waals surface area contributed by atoms with Gasteiger partial charge in [0, 0.05) is 5.56 Å². The van der Waals surface area contributed by atoms with Crippen LogP contribution < -0.4 is 0 Å². The number of benzene rings is 1. The number of rotatable bonds is 5. The van der Waals surface area contributed by atoms with Crippen molar-refractivity contribution in [3.8, 4) is 0 Å². The highest BCUT2D eigenvalue weighted by Gasteiger charge is 2.08. The van der Waals surface area contributed by atoms with Crippen LogP contribution in [0.3, 0.4) is 0 Å². The van der Waals surface area contributed by atoms with Crippen LogP contribution in [0.1, 0.15) is 10.4 Å². The second-order valence-corrected chi connectivity index (χ2v) is 3.71. The van der Waals surface area contributed by atoms with E-state index in [0.29, 0.717) is 12.2 Å². The summed E-state index contributed by atoms with van der Waals surface area (Å²) in [6, 6.07) is 4.11. The Morgan fingerprint density at radius 2 is 2.33 bits per heavy atom. The number of carbonyl (C=O) groups excluding carboxylic acids is 1. The van der Waals surface area contributed by atoms with Gasteiger partial charge < -0.3 is 4.74 Å². The third-order valence-electron chi connectivity index (χ3n) is 1.71. The molecule has 0 spiro atoms. The van der Waals surface area contributed by atoms with E-state index < -0.39 is 5.82 Å². The molecule has 0 bridgehead atoms. The minimum Gasteiger partial charge on any atom is -0.369 e. The van der Waals surface area contributed by atoms with Crippen molar-refractivity contribution >= 4 is 21.7 Å². The SMILES string of the molecule is C=CCOCC(=O)c1ccc(F)c(Br)c1. The van der Waals surface area contributed by atoms with Crippen molar-refractivity contribution in [2.24, 2.45) is 0 Å². The van der Waals surface area contributed by atoms with E-state index in [9.17, 15) is 9.18 Å². The molecule has 0 aliphatic heterocycles. The lowest BCUT2D eigenvalue weighted by molar-refractivity contribution is 0.0806. The number of carbonyl (C=O) groups is 1. The lowest BCUT2D eigenvalue weighted by atomic mass is 10.1. The van der Waals surface area contributed by atoms with E-state index in [1.165, 1.54) is 18.2 Å². The van der Waals surface area contributed by atoms with Crippen LogP contribution in [-0.2, 0) is 4.74 Å². The van der Waals surface area contributed by atoms with Crippen LogP contribution in [0.2, 0.25) is 0 Å². The fourth-order valence-corrected chi connectivity index (χ4v) is 1.37. The topological polar surface area (TPSA) is 26.3 Å². The zero-order chi connectivity index (χ0) is 11.3. The van der Waals surface area contributed by atoms with Crippen molar-refractivity contribution in [1.82, 2.24) is 0 Å². The van der Waals surface area contributed by atoms with Crippen LogP contribution in [0.25, 0.3) is 0 Å². The van der Waals surface area contributed by atoms with Gasteiger partial charge in [0.25, 0.3) is 0 Å². The zero-order valence-electron chi connectivity index (χ0n) is 8.00. The molecule has 80 valence electrons. The van der Waals surface area contributed by atoms with Crippen LogP contribution in [-0.4, -0.2) is 19.0 Å². The third-order valence-corrected chi connectivity index (χ3v) is 2.32. The van der Waals surface area contributed by atoms with Crippen molar-refractivity contribution in [2.75, 3.05) is 13.2 Å². The summed E-state index contributed by atoms with van der Waals surface area (Å²) in [7, 11) is 0. The molecule has 0 aliphatic carbocycles. The number of Topliss-reactive ketones (excluding diaryl/α,β-unsaturated/α-hetero) is 1. The number of ether oxygens (including phenoxy) is 1. The van der Waals surface area contributed by atoms with Gasteiger partial charge in [-0.1, -0.05) is 6.08 Å². The van der Waals surface area contributed by atoms with Crippen molar-refractivity contribution in [3.05, 3.63) is 46.7 Å². The summed E-state index contributed by atoms with van der Waals surface area (Å²) < 4.78 is 18.1. The first kappa shape index (κ1) is 12.1. The molecule has 1 rings (SSSR count). The highest BCUT2D eigenvalue weighted by molar-refractivity contribution is 9.10. The summed E-state index contributed by atoms with van der Waals surface area (Å²) in [6.07, 6.45) is 1.56. The van der Waals surface area contributed by atoms with Gasteiger partial charge in [-0.15, -0.1) is 6.58 Å². The maximum atomic E-state index is 12.9. The number of hydrogen-bond acceptors (Lipinski definition) is 2. The normalized spacial score (nSPS) is 10.0. The molecule has 0 atom stereocenters. The predicted molar refractivity (Wildman–Crippen MR) is 59.4 cm³/mol. The predicted octanol–water partition coefficient (Wildman–Crippen LogP) is 2.97. The maximum Gasteiger partial charge on any atom is 0.188 e. The summed E-state index contributed by atoms with van der Waals surface area (Å²) in [6.45, 7) is 3.77. The molecule has 0 unspecified atom stereocenters. The summed E-state index contributed by atoms with van der Waals surface area (Å²) in [5.74, 6) is -0.573. The molecule has 1 aromatic carbocycles. The van der Waals surface area contributed by atoms with E-state index in [1.807, 2.05) is 0 Å². The van der Waals surface area contributed by atoms with Gasteiger partial charge in [0.15, 0.2) is 5.78 Å². The molecule has 0 fully saturated rings. The molecule has 0 amide bonds. The van der Waals surface area contributed by atoms with Crippen LogP contribution in [0.5, 0.6) is 0 Å². The second kappa shape index (κ2) is 5.78. The Morgan fingerprint density at radius 3 is 2.93 bits per heavy atom. The van der Waals surface area contributed by atoms with E-state index in [4.69, 9.17) is 4.74 Å². The quantitative estimate of drug-likeness (QED) is 0.468. The Labute approximate surface area is 95.9 Å². The highest BCUT2D eigenvalue weighted by atomic mass is 79.9. The first-order valence-corrected chi connectivity index (χ1v) is 5.11. The molecule has 0 aromatic heterocycles. The number of ketones is 1. The first-order chi connectivity index (χ1) is 7.15. The summed E-state index contributed by atoms with van der Waals surface area (Å²) in [4.78, 5) is 11.5. The van der Waals surface area contributed by atoms with Crippen molar-refractivity contribution in [3.63, 3.8) is 0 Å². The van der Waals surface area contributed by atoms with Crippen molar-refractivity contribution < 1.29 is 13.9 Å². The van der Waals surface area contributed by atoms with Crippen molar-refractivity contribution in [1.29, 1.82) is 0 Å². The van der Waals surface area contributed by atoms with Gasteiger partial charge in [-0.3, -0.25) is 4.79 Å². The molecular weight excluding hydrogens is 263 g/mol. The van der Waals surface area contributed by atoms with Gasteiger partial charge in [-0.05, 0) is 34.1 Å². The lowest BCUT2D eigenvalue weighted by Crippen LogP contribution is -2.09. The fraction of sp³-hybridized carbons (Fsp3) is 0.182. The summed E-state index contributed by atoms with van der Waals surface area (Å²) >= 11 is 3.01. The van der Waals surface area contributed by atoms with Gasteiger partial charge in [0.05, 0.1) is 11.1 Å². The van der Waals surface area contributed by atoms with Crippen LogP contribution in [0.4, 0.5) is 4.39 Å². The second-order valence-electron chi connectivity index (χ2n) is 2.86. The number of hydrogen-bond donors (Lipinski definition) is 0. The van der Waals surface area contributed by atoms with Gasteiger partial charge >= 0.3 is 0 Å². The smallest absolute Gasteiger partial charge is 0.188 e. The molecule has 0 aliphatic rings. The van der Waals surface area contributed by atoms with Crippen LogP contribution in [0.15, 0.2) is 35.3 Å². The average molecular weight is 273 g/mol. The Morgan fingerprint density at radius 1 is 1.60 bits per heavy atom. The average Bonchev–Trinajstić information content (AvgIpc) is 2.22. The van der Waals surface area contributed by atoms with Crippen LogP contribution in [0, 0.1) is 5.82 Å². The maximum absolute atomic E-state index is 12.9. The number of halogens is 2. The molecule has 0 N–H and O–H groups in total. The van der Waals surface area contributed by atoms with Gasteiger partial charge in [0.2, 0.25) is 0 Å². The molecule has 0 saturated carbocycles. The zero-order valence-corrected chi connectivity index (χ0v) is 9.59. The molecule has 1 aromatic rings. The molecule has 0 radical (unpaired) electrons. The lowest BCUT2D eigenvalue weighted by Gasteiger charge is -2.02. The molecule has 2 nitrogen and oxygen atoms in total. The third kappa shape index (κ3) is 3.57.